The van der Waals surface area contributed by atoms with Gasteiger partial charge in [-0.05, 0) is 49.4 Å². The Morgan fingerprint density at radius 1 is 0.865 bits per heavy atom. The molecule has 0 bridgehead atoms. The lowest BCUT2D eigenvalue weighted by molar-refractivity contribution is 0.472. The van der Waals surface area contributed by atoms with Crippen LogP contribution in [-0.2, 0) is 13.1 Å². The van der Waals surface area contributed by atoms with E-state index in [1.807, 2.05) is 92.0 Å². The molecular weight excluding hydrogens is 462 g/mol. The highest BCUT2D eigenvalue weighted by atomic mass is 16.5. The van der Waals surface area contributed by atoms with Gasteiger partial charge in [-0.1, -0.05) is 42.5 Å². The van der Waals surface area contributed by atoms with Gasteiger partial charge in [0.25, 0.3) is 0 Å². The Morgan fingerprint density at radius 3 is 2.62 bits per heavy atom. The molecule has 0 aliphatic carbocycles. The van der Waals surface area contributed by atoms with Gasteiger partial charge in [0.1, 0.15) is 23.7 Å². The molecule has 0 fully saturated rings. The Morgan fingerprint density at radius 2 is 1.73 bits per heavy atom. The molecule has 0 saturated carbocycles. The molecule has 0 spiro atoms. The minimum Gasteiger partial charge on any atom is -0.457 e. The van der Waals surface area contributed by atoms with E-state index >= 15 is 0 Å². The number of hydrogen-bond acceptors (Lipinski definition) is 6. The molecule has 4 heterocycles. The number of imidazole rings is 1. The molecule has 2 aromatic carbocycles. The van der Waals surface area contributed by atoms with E-state index in [0.29, 0.717) is 13.1 Å². The quantitative estimate of drug-likeness (QED) is 0.291. The van der Waals surface area contributed by atoms with E-state index in [-0.39, 0.29) is 0 Å². The average Bonchev–Trinajstić information content (AvgIpc) is 3.57. The summed E-state index contributed by atoms with van der Waals surface area (Å²) in [5.41, 5.74) is 6.25. The van der Waals surface area contributed by atoms with Gasteiger partial charge in [0.2, 0.25) is 0 Å². The number of nitrogens with zero attached hydrogens (tertiary/aromatic N) is 5. The first-order valence-electron chi connectivity index (χ1n) is 12.1. The maximum Gasteiger partial charge on any atom is 0.155 e. The number of aromatic nitrogens is 6. The second kappa shape index (κ2) is 10.0. The molecule has 6 aromatic rings. The molecule has 8 nitrogen and oxygen atoms in total. The number of aromatic amines is 1. The topological polar surface area (TPSA) is 93.0 Å². The van der Waals surface area contributed by atoms with Gasteiger partial charge in [0.05, 0.1) is 23.6 Å². The normalized spacial score (nSPS) is 11.2. The van der Waals surface area contributed by atoms with E-state index in [0.717, 1.165) is 56.9 Å². The number of pyridine rings is 2. The SMILES string of the molecule is Cc1cccc(-c2[nH]c(CNCc3ccccc3Oc3ccccc3)nc2-c2ccc3ncnn3c2)n1. The summed E-state index contributed by atoms with van der Waals surface area (Å²) >= 11 is 0. The third-order valence-corrected chi connectivity index (χ3v) is 6.00. The first-order valence-corrected chi connectivity index (χ1v) is 12.1. The van der Waals surface area contributed by atoms with Gasteiger partial charge in [0, 0.05) is 29.6 Å². The first-order chi connectivity index (χ1) is 18.2. The fourth-order valence-electron chi connectivity index (χ4n) is 4.22. The van der Waals surface area contributed by atoms with Crippen molar-refractivity contribution in [2.24, 2.45) is 0 Å². The van der Waals surface area contributed by atoms with E-state index in [9.17, 15) is 0 Å². The van der Waals surface area contributed by atoms with Crippen molar-refractivity contribution >= 4 is 5.65 Å². The summed E-state index contributed by atoms with van der Waals surface area (Å²) in [6.45, 7) is 3.16. The van der Waals surface area contributed by atoms with Crippen LogP contribution < -0.4 is 10.1 Å². The summed E-state index contributed by atoms with van der Waals surface area (Å²) in [4.78, 5) is 17.4. The van der Waals surface area contributed by atoms with Gasteiger partial charge < -0.3 is 15.0 Å². The van der Waals surface area contributed by atoms with Crippen LogP contribution in [0.2, 0.25) is 0 Å². The number of benzene rings is 2. The standard InChI is InChI=1S/C29H25N7O/c1-20-8-7-12-24(33-20)29-28(22-14-15-27-31-19-32-36(27)18-22)34-26(35-29)17-30-16-21-9-5-6-13-25(21)37-23-10-3-2-4-11-23/h2-15,18-19,30H,16-17H2,1H3,(H,34,35). The number of fused-ring (bicyclic) bond motifs is 1. The van der Waals surface area contributed by atoms with Crippen molar-refractivity contribution in [3.63, 3.8) is 0 Å². The third-order valence-electron chi connectivity index (χ3n) is 6.00. The Kier molecular flexibility index (Phi) is 6.14. The number of ether oxygens (including phenoxy) is 1. The van der Waals surface area contributed by atoms with Crippen LogP contribution in [0.25, 0.3) is 28.3 Å². The molecule has 182 valence electrons. The molecule has 0 saturated heterocycles. The van der Waals surface area contributed by atoms with Gasteiger partial charge in [-0.25, -0.2) is 14.5 Å². The maximum atomic E-state index is 6.11. The fraction of sp³-hybridized carbons (Fsp3) is 0.103. The minimum absolute atomic E-state index is 0.546. The lowest BCUT2D eigenvalue weighted by Gasteiger charge is -2.11. The van der Waals surface area contributed by atoms with E-state index in [1.54, 1.807) is 10.8 Å². The summed E-state index contributed by atoms with van der Waals surface area (Å²) in [6.07, 6.45) is 3.48. The van der Waals surface area contributed by atoms with Crippen LogP contribution in [-0.4, -0.2) is 29.5 Å². The van der Waals surface area contributed by atoms with Crippen molar-refractivity contribution in [3.8, 4) is 34.1 Å². The van der Waals surface area contributed by atoms with Gasteiger partial charge in [-0.15, -0.1) is 0 Å². The molecular formula is C29H25N7O. The van der Waals surface area contributed by atoms with E-state index in [4.69, 9.17) is 14.7 Å². The number of para-hydroxylation sites is 2. The number of rotatable bonds is 8. The zero-order valence-corrected chi connectivity index (χ0v) is 20.3. The summed E-state index contributed by atoms with van der Waals surface area (Å²) in [6, 6.07) is 27.8. The third kappa shape index (κ3) is 4.96. The maximum absolute atomic E-state index is 6.11. The van der Waals surface area contributed by atoms with Crippen molar-refractivity contribution in [3.05, 3.63) is 115 Å². The molecule has 0 amide bonds. The predicted molar refractivity (Wildman–Crippen MR) is 142 cm³/mol. The van der Waals surface area contributed by atoms with Crippen molar-refractivity contribution in [1.82, 2.24) is 34.9 Å². The van der Waals surface area contributed by atoms with Gasteiger partial charge in [-0.3, -0.25) is 4.98 Å². The van der Waals surface area contributed by atoms with Crippen LogP contribution in [0, 0.1) is 6.92 Å². The molecule has 8 heteroatoms. The Balaban J connectivity index is 1.26. The van der Waals surface area contributed by atoms with E-state index in [1.165, 1.54) is 0 Å². The summed E-state index contributed by atoms with van der Waals surface area (Å²) in [5, 5.41) is 7.78. The highest BCUT2D eigenvalue weighted by Crippen LogP contribution is 2.30. The largest absolute Gasteiger partial charge is 0.457 e. The summed E-state index contributed by atoms with van der Waals surface area (Å²) < 4.78 is 7.85. The number of H-pyrrole nitrogens is 1. The van der Waals surface area contributed by atoms with Crippen molar-refractivity contribution < 1.29 is 4.74 Å². The molecule has 2 N–H and O–H groups in total. The van der Waals surface area contributed by atoms with Crippen LogP contribution in [0.1, 0.15) is 17.1 Å². The molecule has 0 radical (unpaired) electrons. The Bertz CT molecular complexity index is 1660. The number of hydrogen-bond donors (Lipinski definition) is 2. The van der Waals surface area contributed by atoms with Gasteiger partial charge in [0.15, 0.2) is 5.65 Å². The van der Waals surface area contributed by atoms with Gasteiger partial charge in [-0.2, -0.15) is 5.10 Å². The molecule has 0 aliphatic heterocycles. The Hall–Kier alpha value is -4.82. The molecule has 0 aliphatic rings. The van der Waals surface area contributed by atoms with Crippen LogP contribution in [0.5, 0.6) is 11.5 Å². The second-order valence-corrected chi connectivity index (χ2v) is 8.68. The summed E-state index contributed by atoms with van der Waals surface area (Å²) in [7, 11) is 0. The van der Waals surface area contributed by atoms with E-state index in [2.05, 4.69) is 26.4 Å². The zero-order valence-electron chi connectivity index (χ0n) is 20.3. The molecule has 4 aromatic heterocycles. The lowest BCUT2D eigenvalue weighted by atomic mass is 10.1. The lowest BCUT2D eigenvalue weighted by Crippen LogP contribution is -2.14. The van der Waals surface area contributed by atoms with Crippen LogP contribution >= 0.6 is 0 Å². The molecule has 0 unspecified atom stereocenters. The predicted octanol–water partition coefficient (Wildman–Crippen LogP) is 5.57. The smallest absolute Gasteiger partial charge is 0.155 e. The first kappa shape index (κ1) is 22.6. The van der Waals surface area contributed by atoms with Crippen LogP contribution in [0.4, 0.5) is 0 Å². The minimum atomic E-state index is 0.546. The summed E-state index contributed by atoms with van der Waals surface area (Å²) in [5.74, 6) is 2.45. The van der Waals surface area contributed by atoms with E-state index < -0.39 is 0 Å². The van der Waals surface area contributed by atoms with Crippen LogP contribution in [0.3, 0.4) is 0 Å². The number of aryl methyl sites for hydroxylation is 1. The number of nitrogens with one attached hydrogen (secondary N) is 2. The van der Waals surface area contributed by atoms with Crippen molar-refractivity contribution in [2.45, 2.75) is 20.0 Å². The molecule has 0 atom stereocenters. The monoisotopic (exact) mass is 487 g/mol. The van der Waals surface area contributed by atoms with Crippen molar-refractivity contribution in [1.29, 1.82) is 0 Å². The van der Waals surface area contributed by atoms with Crippen molar-refractivity contribution in [2.75, 3.05) is 0 Å². The Labute approximate surface area is 214 Å². The zero-order chi connectivity index (χ0) is 25.0. The van der Waals surface area contributed by atoms with Crippen LogP contribution in [0.15, 0.2) is 97.5 Å². The molecule has 37 heavy (non-hydrogen) atoms. The second-order valence-electron chi connectivity index (χ2n) is 8.68. The average molecular weight is 488 g/mol. The molecule has 6 rings (SSSR count). The fourth-order valence-corrected chi connectivity index (χ4v) is 4.22. The highest BCUT2D eigenvalue weighted by molar-refractivity contribution is 5.77. The highest BCUT2D eigenvalue weighted by Gasteiger charge is 2.16. The van der Waals surface area contributed by atoms with Gasteiger partial charge >= 0.3 is 0 Å².